The van der Waals surface area contributed by atoms with Crippen LogP contribution in [0.5, 0.6) is 0 Å². The lowest BCUT2D eigenvalue weighted by molar-refractivity contribution is -0.0741. The van der Waals surface area contributed by atoms with Crippen LogP contribution in [0.4, 0.5) is 0 Å². The molecule has 4 heteroatoms. The van der Waals surface area contributed by atoms with E-state index in [0.29, 0.717) is 6.54 Å². The molecule has 0 fully saturated rings. The highest BCUT2D eigenvalue weighted by Gasteiger charge is 2.04. The van der Waals surface area contributed by atoms with Crippen LogP contribution in [0.25, 0.3) is 0 Å². The molecule has 1 aromatic carbocycles. The number of benzene rings is 1. The van der Waals surface area contributed by atoms with E-state index in [0.717, 1.165) is 5.56 Å². The van der Waals surface area contributed by atoms with Crippen LogP contribution in [0.3, 0.4) is 0 Å². The smallest absolute Gasteiger partial charge is 0.213 e. The fourth-order valence-corrected chi connectivity index (χ4v) is 0.997. The molecule has 0 saturated carbocycles. The molecule has 0 heterocycles. The minimum absolute atomic E-state index is 0.0913. The van der Waals surface area contributed by atoms with Crippen LogP contribution in [0.15, 0.2) is 30.3 Å². The summed E-state index contributed by atoms with van der Waals surface area (Å²) in [5.74, 6) is -0.0913. The topological polar surface area (TPSA) is 62.3 Å². The summed E-state index contributed by atoms with van der Waals surface area (Å²) in [4.78, 5) is 4.90. The molecule has 0 aromatic heterocycles. The summed E-state index contributed by atoms with van der Waals surface area (Å²) in [6.07, 6.45) is 0. The van der Waals surface area contributed by atoms with Crippen LogP contribution in [-0.2, 0) is 11.4 Å². The molecular weight excluding hydrogens is 166 g/mol. The van der Waals surface area contributed by atoms with Crippen LogP contribution in [-0.4, -0.2) is 18.1 Å². The molecule has 0 radical (unpaired) electrons. The van der Waals surface area contributed by atoms with E-state index in [4.69, 9.17) is 16.0 Å². The molecule has 1 rings (SSSR count). The van der Waals surface area contributed by atoms with Crippen LogP contribution in [0, 0.1) is 5.41 Å². The Bertz CT molecular complexity index is 273. The van der Waals surface area contributed by atoms with Gasteiger partial charge < -0.3 is 5.73 Å². The summed E-state index contributed by atoms with van der Waals surface area (Å²) in [5, 5.41) is 8.49. The molecule has 0 spiro atoms. The first-order valence-electron chi connectivity index (χ1n) is 3.93. The van der Waals surface area contributed by atoms with Crippen molar-refractivity contribution in [1.29, 1.82) is 5.41 Å². The maximum Gasteiger partial charge on any atom is 0.213 e. The van der Waals surface area contributed by atoms with Crippen molar-refractivity contribution in [2.45, 2.75) is 6.54 Å². The summed E-state index contributed by atoms with van der Waals surface area (Å²) in [7, 11) is 1.49. The van der Waals surface area contributed by atoms with E-state index in [1.54, 1.807) is 0 Å². The zero-order chi connectivity index (χ0) is 9.68. The summed E-state index contributed by atoms with van der Waals surface area (Å²) < 4.78 is 0. The van der Waals surface area contributed by atoms with Crippen molar-refractivity contribution >= 4 is 5.96 Å². The lowest BCUT2D eigenvalue weighted by Gasteiger charge is -2.18. The van der Waals surface area contributed by atoms with Crippen LogP contribution in [0.1, 0.15) is 5.56 Å². The Labute approximate surface area is 77.4 Å². The van der Waals surface area contributed by atoms with E-state index in [2.05, 4.69) is 0 Å². The molecule has 13 heavy (non-hydrogen) atoms. The van der Waals surface area contributed by atoms with Crippen molar-refractivity contribution in [3.63, 3.8) is 0 Å². The van der Waals surface area contributed by atoms with E-state index >= 15 is 0 Å². The predicted molar refractivity (Wildman–Crippen MR) is 50.9 cm³/mol. The molecule has 3 N–H and O–H groups in total. The van der Waals surface area contributed by atoms with Gasteiger partial charge in [-0.15, -0.1) is 0 Å². The second kappa shape index (κ2) is 4.47. The average Bonchev–Trinajstić information content (AvgIpc) is 2.15. The van der Waals surface area contributed by atoms with E-state index < -0.39 is 0 Å². The van der Waals surface area contributed by atoms with Crippen molar-refractivity contribution in [2.75, 3.05) is 7.11 Å². The van der Waals surface area contributed by atoms with Crippen molar-refractivity contribution in [1.82, 2.24) is 5.06 Å². The van der Waals surface area contributed by atoms with Crippen LogP contribution in [0.2, 0.25) is 0 Å². The Kier molecular flexibility index (Phi) is 3.28. The highest BCUT2D eigenvalue weighted by atomic mass is 16.7. The first-order chi connectivity index (χ1) is 6.24. The van der Waals surface area contributed by atoms with E-state index in [-0.39, 0.29) is 5.96 Å². The van der Waals surface area contributed by atoms with Gasteiger partial charge in [-0.25, -0.2) is 5.06 Å². The molecule has 0 amide bonds. The highest BCUT2D eigenvalue weighted by Crippen LogP contribution is 2.03. The third-order valence-corrected chi connectivity index (χ3v) is 1.66. The van der Waals surface area contributed by atoms with Gasteiger partial charge in [-0.3, -0.25) is 10.2 Å². The molecule has 0 aliphatic rings. The van der Waals surface area contributed by atoms with Gasteiger partial charge in [-0.05, 0) is 5.56 Å². The van der Waals surface area contributed by atoms with Crippen molar-refractivity contribution in [2.24, 2.45) is 5.73 Å². The molecule has 4 nitrogen and oxygen atoms in total. The SMILES string of the molecule is CON(Cc1ccccc1)C(=N)N. The average molecular weight is 179 g/mol. The van der Waals surface area contributed by atoms with Gasteiger partial charge in [-0.1, -0.05) is 30.3 Å². The monoisotopic (exact) mass is 179 g/mol. The maximum atomic E-state index is 7.18. The predicted octanol–water partition coefficient (Wildman–Crippen LogP) is 0.943. The second-order valence-electron chi connectivity index (χ2n) is 2.59. The molecule has 1 aromatic rings. The fraction of sp³-hybridized carbons (Fsp3) is 0.222. The molecule has 0 aliphatic heterocycles. The van der Waals surface area contributed by atoms with Crippen molar-refractivity contribution < 1.29 is 4.84 Å². The Balaban J connectivity index is 2.62. The summed E-state index contributed by atoms with van der Waals surface area (Å²) >= 11 is 0. The van der Waals surface area contributed by atoms with Crippen LogP contribution < -0.4 is 5.73 Å². The van der Waals surface area contributed by atoms with Crippen LogP contribution >= 0.6 is 0 Å². The van der Waals surface area contributed by atoms with Gasteiger partial charge in [-0.2, -0.15) is 0 Å². The molecule has 70 valence electrons. The number of hydrogen-bond acceptors (Lipinski definition) is 2. The zero-order valence-electron chi connectivity index (χ0n) is 7.53. The minimum Gasteiger partial charge on any atom is -0.368 e. The first-order valence-corrected chi connectivity index (χ1v) is 3.93. The van der Waals surface area contributed by atoms with E-state index in [1.165, 1.54) is 12.2 Å². The van der Waals surface area contributed by atoms with Gasteiger partial charge >= 0.3 is 0 Å². The summed E-state index contributed by atoms with van der Waals surface area (Å²) in [6.45, 7) is 0.493. The normalized spacial score (nSPS) is 9.62. The number of nitrogens with one attached hydrogen (secondary N) is 1. The van der Waals surface area contributed by atoms with Gasteiger partial charge in [0, 0.05) is 0 Å². The Morgan fingerprint density at radius 3 is 2.54 bits per heavy atom. The molecule has 0 unspecified atom stereocenters. The Morgan fingerprint density at radius 1 is 1.46 bits per heavy atom. The van der Waals surface area contributed by atoms with Crippen molar-refractivity contribution in [3.05, 3.63) is 35.9 Å². The number of hydroxylamine groups is 2. The van der Waals surface area contributed by atoms with E-state index in [9.17, 15) is 0 Å². The molecule has 0 bridgehead atoms. The number of guanidine groups is 1. The number of hydrogen-bond donors (Lipinski definition) is 2. The van der Waals surface area contributed by atoms with E-state index in [1.807, 2.05) is 30.3 Å². The summed E-state index contributed by atoms with van der Waals surface area (Å²) in [5.41, 5.74) is 6.33. The summed E-state index contributed by atoms with van der Waals surface area (Å²) in [6, 6.07) is 9.71. The number of nitrogens with zero attached hydrogens (tertiary/aromatic N) is 1. The quantitative estimate of drug-likeness (QED) is 0.412. The maximum absolute atomic E-state index is 7.18. The molecular formula is C9H13N3O. The highest BCUT2D eigenvalue weighted by molar-refractivity contribution is 5.73. The Morgan fingerprint density at radius 2 is 2.08 bits per heavy atom. The number of nitrogens with two attached hydrogens (primary N) is 1. The standard InChI is InChI=1S/C9H13N3O/c1-13-12(9(10)11)7-8-5-3-2-4-6-8/h2-6H,7H2,1H3,(H3,10,11). The molecule has 0 atom stereocenters. The zero-order valence-corrected chi connectivity index (χ0v) is 7.53. The van der Waals surface area contributed by atoms with Crippen molar-refractivity contribution in [3.8, 4) is 0 Å². The van der Waals surface area contributed by atoms with Gasteiger partial charge in [0.1, 0.15) is 0 Å². The largest absolute Gasteiger partial charge is 0.368 e. The minimum atomic E-state index is -0.0913. The fourth-order valence-electron chi connectivity index (χ4n) is 0.997. The first kappa shape index (κ1) is 9.54. The lowest BCUT2D eigenvalue weighted by Crippen LogP contribution is -2.34. The number of rotatable bonds is 3. The molecule has 0 aliphatic carbocycles. The Hall–Kier alpha value is -1.55. The lowest BCUT2D eigenvalue weighted by atomic mass is 10.2. The van der Waals surface area contributed by atoms with Gasteiger partial charge in [0.15, 0.2) is 0 Å². The third kappa shape index (κ3) is 2.76. The van der Waals surface area contributed by atoms with Gasteiger partial charge in [0.25, 0.3) is 0 Å². The van der Waals surface area contributed by atoms with Gasteiger partial charge in [0.05, 0.1) is 13.7 Å². The third-order valence-electron chi connectivity index (χ3n) is 1.66. The van der Waals surface area contributed by atoms with Gasteiger partial charge in [0.2, 0.25) is 5.96 Å². The molecule has 0 saturated heterocycles. The second-order valence-corrected chi connectivity index (χ2v) is 2.59.